The first-order valence-electron chi connectivity index (χ1n) is 12.8. The van der Waals surface area contributed by atoms with Crippen LogP contribution in [0.1, 0.15) is 54.2 Å². The third-order valence-corrected chi connectivity index (χ3v) is 8.52. The largest absolute Gasteiger partial charge is 0.441 e. The van der Waals surface area contributed by atoms with Crippen LogP contribution in [0.4, 0.5) is 5.88 Å². The lowest BCUT2D eigenvalue weighted by atomic mass is 9.83. The van der Waals surface area contributed by atoms with Gasteiger partial charge in [-0.25, -0.2) is 4.99 Å². The van der Waals surface area contributed by atoms with E-state index in [9.17, 15) is 4.79 Å². The topological polar surface area (TPSA) is 50.7 Å². The molecule has 1 atom stereocenters. The number of hydrogen-bond donors (Lipinski definition) is 0. The summed E-state index contributed by atoms with van der Waals surface area (Å²) in [4.78, 5) is 22.0. The van der Waals surface area contributed by atoms with Crippen molar-refractivity contribution in [3.8, 4) is 0 Å². The van der Waals surface area contributed by atoms with Gasteiger partial charge in [0.1, 0.15) is 5.76 Å². The summed E-state index contributed by atoms with van der Waals surface area (Å²) >= 11 is 1.45. The molecule has 6 heteroatoms. The van der Waals surface area contributed by atoms with Crippen LogP contribution >= 0.6 is 11.3 Å². The van der Waals surface area contributed by atoms with Gasteiger partial charge in [0.15, 0.2) is 10.7 Å². The van der Waals surface area contributed by atoms with E-state index in [0.717, 1.165) is 47.9 Å². The predicted octanol–water partition coefficient (Wildman–Crippen LogP) is 4.90. The number of piperidine rings is 1. The van der Waals surface area contributed by atoms with E-state index in [-0.39, 0.29) is 11.6 Å². The zero-order chi connectivity index (χ0) is 24.1. The highest BCUT2D eigenvalue weighted by molar-refractivity contribution is 7.07. The fraction of sp³-hybridized carbons (Fsp3) is 0.267. The summed E-state index contributed by atoms with van der Waals surface area (Å²) in [7, 11) is 0. The van der Waals surface area contributed by atoms with Gasteiger partial charge in [0.25, 0.3) is 5.56 Å². The van der Waals surface area contributed by atoms with E-state index in [1.54, 1.807) is 0 Å². The van der Waals surface area contributed by atoms with E-state index in [2.05, 4.69) is 41.3 Å². The fourth-order valence-electron chi connectivity index (χ4n) is 5.79. The molecule has 4 heterocycles. The Kier molecular flexibility index (Phi) is 5.28. The lowest BCUT2D eigenvalue weighted by molar-refractivity contribution is 0.495. The lowest BCUT2D eigenvalue weighted by Gasteiger charge is -2.30. The van der Waals surface area contributed by atoms with Crippen molar-refractivity contribution in [3.05, 3.63) is 114 Å². The molecule has 3 aliphatic rings. The normalized spacial score (nSPS) is 19.5. The minimum Gasteiger partial charge on any atom is -0.441 e. The smallest absolute Gasteiger partial charge is 0.271 e. The maximum atomic E-state index is 13.8. The summed E-state index contributed by atoms with van der Waals surface area (Å²) in [5.74, 6) is 1.61. The van der Waals surface area contributed by atoms with Crippen LogP contribution in [0.5, 0.6) is 0 Å². The molecule has 36 heavy (non-hydrogen) atoms. The molecule has 2 aliphatic heterocycles. The molecule has 1 aliphatic carbocycles. The number of allylic oxidation sites excluding steroid dienone is 1. The Hall–Kier alpha value is -3.64. The van der Waals surface area contributed by atoms with Crippen LogP contribution in [0.3, 0.4) is 0 Å². The maximum absolute atomic E-state index is 13.8. The number of anilines is 1. The van der Waals surface area contributed by atoms with E-state index < -0.39 is 0 Å². The summed E-state index contributed by atoms with van der Waals surface area (Å²) < 4.78 is 8.71. The van der Waals surface area contributed by atoms with Crippen LogP contribution in [-0.2, 0) is 6.42 Å². The molecule has 0 spiro atoms. The number of thiazole rings is 1. The Morgan fingerprint density at radius 2 is 1.72 bits per heavy atom. The third-order valence-electron chi connectivity index (χ3n) is 7.54. The standard InChI is InChI=1S/C30H27N3O2S/c34-29-25(19-22-14-16-26(35-22)32-17-7-2-8-18-32)36-30-31-27-23-12-6-5-9-20(23)13-15-24(27)28(33(29)30)21-10-3-1-4-11-21/h1,3-6,9-12,14,16,19,28H,2,7-8,13,15,17-18H2/b25-19+. The molecular weight excluding hydrogens is 466 g/mol. The van der Waals surface area contributed by atoms with Gasteiger partial charge in [0.05, 0.1) is 16.3 Å². The van der Waals surface area contributed by atoms with Gasteiger partial charge < -0.3 is 9.32 Å². The second kappa shape index (κ2) is 8.79. The highest BCUT2D eigenvalue weighted by atomic mass is 32.1. The quantitative estimate of drug-likeness (QED) is 0.408. The van der Waals surface area contributed by atoms with Gasteiger partial charge in [0.2, 0.25) is 0 Å². The van der Waals surface area contributed by atoms with E-state index in [1.807, 2.05) is 41.0 Å². The average Bonchev–Trinajstić information content (AvgIpc) is 3.53. The van der Waals surface area contributed by atoms with E-state index in [1.165, 1.54) is 47.3 Å². The van der Waals surface area contributed by atoms with Crippen molar-refractivity contribution in [1.82, 2.24) is 4.57 Å². The van der Waals surface area contributed by atoms with Gasteiger partial charge in [-0.05, 0) is 54.9 Å². The van der Waals surface area contributed by atoms with Gasteiger partial charge in [-0.2, -0.15) is 0 Å². The molecule has 1 unspecified atom stereocenters. The molecule has 5 nitrogen and oxygen atoms in total. The highest BCUT2D eigenvalue weighted by Crippen LogP contribution is 2.41. The van der Waals surface area contributed by atoms with Crippen molar-refractivity contribution in [2.75, 3.05) is 18.0 Å². The third kappa shape index (κ3) is 3.59. The Labute approximate surface area is 213 Å². The number of benzene rings is 2. The molecule has 0 bridgehead atoms. The molecule has 2 aromatic carbocycles. The van der Waals surface area contributed by atoms with Gasteiger partial charge in [-0.1, -0.05) is 65.9 Å². The van der Waals surface area contributed by atoms with Crippen molar-refractivity contribution < 1.29 is 4.42 Å². The van der Waals surface area contributed by atoms with Crippen LogP contribution in [0, 0.1) is 0 Å². The second-order valence-corrected chi connectivity index (χ2v) is 10.8. The summed E-state index contributed by atoms with van der Waals surface area (Å²) in [5, 5.41) is 0. The summed E-state index contributed by atoms with van der Waals surface area (Å²) in [6.45, 7) is 2.05. The number of aromatic nitrogens is 1. The monoisotopic (exact) mass is 493 g/mol. The fourth-order valence-corrected chi connectivity index (χ4v) is 6.77. The Bertz CT molecular complexity index is 1650. The van der Waals surface area contributed by atoms with Crippen LogP contribution in [0.25, 0.3) is 11.8 Å². The van der Waals surface area contributed by atoms with Crippen LogP contribution in [0.2, 0.25) is 0 Å². The molecule has 4 aromatic rings. The van der Waals surface area contributed by atoms with Gasteiger partial charge >= 0.3 is 0 Å². The van der Waals surface area contributed by atoms with Gasteiger partial charge in [-0.15, -0.1) is 0 Å². The van der Waals surface area contributed by atoms with Crippen molar-refractivity contribution in [1.29, 1.82) is 0 Å². The summed E-state index contributed by atoms with van der Waals surface area (Å²) in [6.07, 6.45) is 7.42. The van der Waals surface area contributed by atoms with Crippen molar-refractivity contribution in [2.24, 2.45) is 4.99 Å². The lowest BCUT2D eigenvalue weighted by Crippen LogP contribution is -2.38. The number of fused-ring (bicyclic) bond motifs is 3. The molecule has 0 saturated carbocycles. The number of hydrogen-bond acceptors (Lipinski definition) is 5. The maximum Gasteiger partial charge on any atom is 0.271 e. The van der Waals surface area contributed by atoms with Crippen LogP contribution in [0.15, 0.2) is 86.5 Å². The molecule has 180 valence electrons. The minimum absolute atomic E-state index is 0.00562. The molecule has 1 fully saturated rings. The molecule has 2 aromatic heterocycles. The highest BCUT2D eigenvalue weighted by Gasteiger charge is 2.32. The first kappa shape index (κ1) is 21.6. The van der Waals surface area contributed by atoms with E-state index in [0.29, 0.717) is 10.3 Å². The van der Waals surface area contributed by atoms with E-state index in [4.69, 9.17) is 9.41 Å². The number of aryl methyl sites for hydroxylation is 1. The number of rotatable bonds is 3. The zero-order valence-electron chi connectivity index (χ0n) is 20.0. The molecule has 1 saturated heterocycles. The van der Waals surface area contributed by atoms with Gasteiger partial charge in [0, 0.05) is 30.8 Å². The van der Waals surface area contributed by atoms with Gasteiger partial charge in [-0.3, -0.25) is 9.36 Å². The Morgan fingerprint density at radius 1 is 0.917 bits per heavy atom. The van der Waals surface area contributed by atoms with Crippen molar-refractivity contribution in [3.63, 3.8) is 0 Å². The first-order valence-corrected chi connectivity index (χ1v) is 13.6. The Morgan fingerprint density at radius 3 is 2.58 bits per heavy atom. The average molecular weight is 494 g/mol. The molecule has 7 rings (SSSR count). The minimum atomic E-state index is -0.145. The molecule has 0 amide bonds. The zero-order valence-corrected chi connectivity index (χ0v) is 20.8. The number of nitrogens with zero attached hydrogens (tertiary/aromatic N) is 3. The van der Waals surface area contributed by atoms with Crippen LogP contribution < -0.4 is 19.8 Å². The van der Waals surface area contributed by atoms with Crippen molar-refractivity contribution >= 4 is 29.0 Å². The summed E-state index contributed by atoms with van der Waals surface area (Å²) in [6, 6.07) is 22.7. The number of furan rings is 1. The predicted molar refractivity (Wildman–Crippen MR) is 144 cm³/mol. The molecular formula is C30H27N3O2S. The van der Waals surface area contributed by atoms with Crippen molar-refractivity contribution in [2.45, 2.75) is 38.1 Å². The summed E-state index contributed by atoms with van der Waals surface area (Å²) in [5.41, 5.74) is 5.89. The first-order chi connectivity index (χ1) is 17.8. The van der Waals surface area contributed by atoms with Crippen LogP contribution in [-0.4, -0.2) is 17.7 Å². The molecule has 0 radical (unpaired) electrons. The second-order valence-electron chi connectivity index (χ2n) is 9.75. The molecule has 0 N–H and O–H groups in total. The van der Waals surface area contributed by atoms with E-state index >= 15 is 0 Å². The SMILES string of the molecule is O=c1/c(=C\c2ccc(N3CCCCC3)o2)sc2n1C(c1ccccc1)C1=C(N=2)c2ccccc2CC1. The Balaban J connectivity index is 1.38.